The lowest BCUT2D eigenvalue weighted by molar-refractivity contribution is -0.385. The van der Waals surface area contributed by atoms with Crippen molar-refractivity contribution in [3.8, 4) is 0 Å². The molecule has 0 saturated carbocycles. The van der Waals surface area contributed by atoms with Crippen molar-refractivity contribution in [2.45, 2.75) is 18.9 Å². The minimum atomic E-state index is -1.71. The Morgan fingerprint density at radius 3 is 2.62 bits per heavy atom. The van der Waals surface area contributed by atoms with Crippen LogP contribution in [0.1, 0.15) is 23.7 Å². The fourth-order valence-corrected chi connectivity index (χ4v) is 1.60. The highest BCUT2D eigenvalue weighted by Gasteiger charge is 2.27. The second-order valence-corrected chi connectivity index (χ2v) is 4.67. The number of carboxylic acids is 1. The zero-order valence-electron chi connectivity index (χ0n) is 11.0. The lowest BCUT2D eigenvalue weighted by atomic mass is 10.0. The third-order valence-corrected chi connectivity index (χ3v) is 2.56. The third kappa shape index (κ3) is 4.80. The number of hydrogen-bond donors (Lipinski definition) is 3. The number of halogens is 1. The van der Waals surface area contributed by atoms with Gasteiger partial charge in [-0.15, -0.1) is 0 Å². The number of benzene rings is 1. The van der Waals surface area contributed by atoms with E-state index in [1.165, 1.54) is 6.92 Å². The monoisotopic (exact) mass is 300 g/mol. The summed E-state index contributed by atoms with van der Waals surface area (Å²) in [6.07, 6.45) is -0.612. The molecule has 1 aromatic rings. The third-order valence-electron chi connectivity index (χ3n) is 2.56. The molecule has 0 spiro atoms. The van der Waals surface area contributed by atoms with Gasteiger partial charge in [-0.05, 0) is 19.1 Å². The molecule has 0 aliphatic carbocycles. The predicted octanol–water partition coefficient (Wildman–Crippen LogP) is 0.689. The van der Waals surface area contributed by atoms with Crippen molar-refractivity contribution >= 4 is 17.6 Å². The first-order valence-electron chi connectivity index (χ1n) is 5.79. The molecule has 114 valence electrons. The number of nitrogens with one attached hydrogen (secondary N) is 1. The number of carboxylic acid groups (broad SMARTS) is 1. The second kappa shape index (κ2) is 6.27. The van der Waals surface area contributed by atoms with Crippen LogP contribution in [0, 0.1) is 15.9 Å². The van der Waals surface area contributed by atoms with Gasteiger partial charge in [-0.2, -0.15) is 0 Å². The van der Waals surface area contributed by atoms with E-state index < -0.39 is 46.9 Å². The van der Waals surface area contributed by atoms with E-state index in [0.717, 1.165) is 12.1 Å². The molecule has 0 fully saturated rings. The number of nitrogens with zero attached hydrogens (tertiary/aromatic N) is 1. The lowest BCUT2D eigenvalue weighted by Gasteiger charge is -2.21. The number of nitro groups is 1. The van der Waals surface area contributed by atoms with Crippen molar-refractivity contribution < 1.29 is 29.1 Å². The summed E-state index contributed by atoms with van der Waals surface area (Å²) in [5, 5.41) is 31.2. The topological polar surface area (TPSA) is 130 Å². The first-order chi connectivity index (χ1) is 9.62. The van der Waals surface area contributed by atoms with E-state index in [4.69, 9.17) is 5.11 Å². The second-order valence-electron chi connectivity index (χ2n) is 4.67. The smallest absolute Gasteiger partial charge is 0.306 e. The zero-order chi connectivity index (χ0) is 16.2. The number of amides is 1. The van der Waals surface area contributed by atoms with Crippen molar-refractivity contribution in [1.29, 1.82) is 0 Å². The average molecular weight is 300 g/mol. The molecule has 0 saturated heterocycles. The Bertz CT molecular complexity index is 587. The Morgan fingerprint density at radius 2 is 2.10 bits per heavy atom. The Labute approximate surface area is 118 Å². The molecule has 0 radical (unpaired) electrons. The number of aliphatic carboxylic acids is 1. The SMILES string of the molecule is CC(O)(CNC(=O)c1ccc(F)cc1[N+](=O)[O-])CC(=O)O. The molecule has 0 aliphatic heterocycles. The molecule has 3 N–H and O–H groups in total. The maximum atomic E-state index is 12.9. The van der Waals surface area contributed by atoms with Crippen molar-refractivity contribution in [3.05, 3.63) is 39.7 Å². The zero-order valence-corrected chi connectivity index (χ0v) is 11.0. The van der Waals surface area contributed by atoms with Gasteiger partial charge in [0, 0.05) is 6.54 Å². The van der Waals surface area contributed by atoms with Crippen molar-refractivity contribution in [2.75, 3.05) is 6.54 Å². The van der Waals surface area contributed by atoms with Crippen LogP contribution in [-0.2, 0) is 4.79 Å². The van der Waals surface area contributed by atoms with Crippen LogP contribution in [-0.4, -0.2) is 39.2 Å². The van der Waals surface area contributed by atoms with Crippen molar-refractivity contribution in [3.63, 3.8) is 0 Å². The Balaban J connectivity index is 2.86. The fraction of sp³-hybridized carbons (Fsp3) is 0.333. The quantitative estimate of drug-likeness (QED) is 0.523. The molecule has 1 atom stereocenters. The maximum absolute atomic E-state index is 12.9. The van der Waals surface area contributed by atoms with E-state index >= 15 is 0 Å². The molecule has 1 aromatic carbocycles. The molecule has 1 unspecified atom stereocenters. The largest absolute Gasteiger partial charge is 0.481 e. The molecule has 9 heteroatoms. The maximum Gasteiger partial charge on any atom is 0.306 e. The number of carbonyl (C=O) groups excluding carboxylic acids is 1. The number of hydrogen-bond acceptors (Lipinski definition) is 5. The van der Waals surface area contributed by atoms with Gasteiger partial charge >= 0.3 is 5.97 Å². The van der Waals surface area contributed by atoms with Crippen LogP contribution in [0.3, 0.4) is 0 Å². The summed E-state index contributed by atoms with van der Waals surface area (Å²) in [5.74, 6) is -3.04. The summed E-state index contributed by atoms with van der Waals surface area (Å²) in [6, 6.07) is 2.43. The van der Waals surface area contributed by atoms with Gasteiger partial charge < -0.3 is 15.5 Å². The highest BCUT2D eigenvalue weighted by Crippen LogP contribution is 2.20. The number of aliphatic hydroxyl groups is 1. The molecule has 8 nitrogen and oxygen atoms in total. The first-order valence-corrected chi connectivity index (χ1v) is 5.79. The van der Waals surface area contributed by atoms with Crippen LogP contribution in [0.25, 0.3) is 0 Å². The number of carbonyl (C=O) groups is 2. The molecule has 0 aliphatic rings. The van der Waals surface area contributed by atoms with Crippen molar-refractivity contribution in [2.24, 2.45) is 0 Å². The molecule has 1 rings (SSSR count). The van der Waals surface area contributed by atoms with E-state index in [1.807, 2.05) is 0 Å². The molecular weight excluding hydrogens is 287 g/mol. The summed E-state index contributed by atoms with van der Waals surface area (Å²) in [4.78, 5) is 32.2. The normalized spacial score (nSPS) is 13.3. The van der Waals surface area contributed by atoms with Crippen LogP contribution >= 0.6 is 0 Å². The van der Waals surface area contributed by atoms with Crippen LogP contribution < -0.4 is 5.32 Å². The van der Waals surface area contributed by atoms with Gasteiger partial charge in [0.25, 0.3) is 11.6 Å². The highest BCUT2D eigenvalue weighted by molar-refractivity contribution is 5.98. The van der Waals surface area contributed by atoms with Crippen LogP contribution in [0.5, 0.6) is 0 Å². The molecule has 0 heterocycles. The first kappa shape index (κ1) is 16.5. The van der Waals surface area contributed by atoms with Gasteiger partial charge in [-0.3, -0.25) is 19.7 Å². The van der Waals surface area contributed by atoms with Gasteiger partial charge in [-0.1, -0.05) is 0 Å². The van der Waals surface area contributed by atoms with Crippen LogP contribution in [0.2, 0.25) is 0 Å². The van der Waals surface area contributed by atoms with E-state index in [-0.39, 0.29) is 5.56 Å². The number of rotatable bonds is 6. The molecule has 21 heavy (non-hydrogen) atoms. The van der Waals surface area contributed by atoms with Gasteiger partial charge in [0.15, 0.2) is 0 Å². The van der Waals surface area contributed by atoms with Gasteiger partial charge in [-0.25, -0.2) is 4.39 Å². The van der Waals surface area contributed by atoms with E-state index in [1.54, 1.807) is 0 Å². The van der Waals surface area contributed by atoms with E-state index in [2.05, 4.69) is 5.32 Å². The van der Waals surface area contributed by atoms with Crippen molar-refractivity contribution in [1.82, 2.24) is 5.32 Å². The fourth-order valence-electron chi connectivity index (χ4n) is 1.60. The number of nitro benzene ring substituents is 1. The molecule has 1 amide bonds. The van der Waals surface area contributed by atoms with Gasteiger partial charge in [0.2, 0.25) is 0 Å². The standard InChI is InChI=1S/C12H13FN2O6/c1-12(19,5-10(16)17)6-14-11(18)8-3-2-7(13)4-9(8)15(20)21/h2-4,19H,5-6H2,1H3,(H,14,18)(H,16,17). The Hall–Kier alpha value is -2.55. The Morgan fingerprint density at radius 1 is 1.48 bits per heavy atom. The minimum Gasteiger partial charge on any atom is -0.481 e. The minimum absolute atomic E-state index is 0.382. The molecule has 0 aromatic heterocycles. The van der Waals surface area contributed by atoms with Gasteiger partial charge in [0.1, 0.15) is 11.4 Å². The van der Waals surface area contributed by atoms with E-state index in [9.17, 15) is 29.2 Å². The highest BCUT2D eigenvalue weighted by atomic mass is 19.1. The summed E-state index contributed by atoms with van der Waals surface area (Å²) < 4.78 is 12.9. The summed E-state index contributed by atoms with van der Waals surface area (Å²) in [6.45, 7) is 0.771. The van der Waals surface area contributed by atoms with Crippen LogP contribution in [0.4, 0.5) is 10.1 Å². The van der Waals surface area contributed by atoms with Crippen LogP contribution in [0.15, 0.2) is 18.2 Å². The molecule has 0 bridgehead atoms. The van der Waals surface area contributed by atoms with E-state index in [0.29, 0.717) is 6.07 Å². The molecular formula is C12H13FN2O6. The predicted molar refractivity (Wildman–Crippen MR) is 68.3 cm³/mol. The summed E-state index contributed by atoms with van der Waals surface area (Å²) in [5.41, 5.74) is -2.81. The summed E-state index contributed by atoms with van der Waals surface area (Å²) in [7, 11) is 0. The Kier molecular flexibility index (Phi) is 4.93. The average Bonchev–Trinajstić information content (AvgIpc) is 2.34. The lowest BCUT2D eigenvalue weighted by Crippen LogP contribution is -2.42. The van der Waals surface area contributed by atoms with Gasteiger partial charge in [0.05, 0.1) is 23.0 Å². The summed E-state index contributed by atoms with van der Waals surface area (Å²) >= 11 is 0.